The number of likely N-dealkylation sites (tertiary alicyclic amines) is 2. The van der Waals surface area contributed by atoms with Crippen LogP contribution in [0.3, 0.4) is 0 Å². The van der Waals surface area contributed by atoms with Gasteiger partial charge in [0.25, 0.3) is 0 Å². The zero-order chi connectivity index (χ0) is 31.2. The zero-order valence-electron chi connectivity index (χ0n) is 26.1. The quantitative estimate of drug-likeness (QED) is 0.240. The lowest BCUT2D eigenvalue weighted by molar-refractivity contribution is -0.167. The molecule has 10 unspecified atom stereocenters. The standard InChI is InChI=1S/C40H38N2O4/c1-45-37(43)39-30(27-19-11-5-12-20-27)29-33-32(39)31(28-21-13-6-14-22-28)40(38(44)46-2)35(41(33)23-25-15-7-3-8-16-25)34(29)42(36(39)40)24-26-17-9-4-10-18-26/h3-22,29-36H,23-24H2,1-2H3. The summed E-state index contributed by atoms with van der Waals surface area (Å²) in [6.45, 7) is 1.37. The molecule has 0 aromatic heterocycles. The van der Waals surface area contributed by atoms with Crippen LogP contribution >= 0.6 is 0 Å². The highest BCUT2D eigenvalue weighted by atomic mass is 16.5. The first kappa shape index (κ1) is 28.0. The Hall–Kier alpha value is -4.26. The number of hydrogen-bond donors (Lipinski definition) is 0. The summed E-state index contributed by atoms with van der Waals surface area (Å²) >= 11 is 0. The molecule has 8 bridgehead atoms. The van der Waals surface area contributed by atoms with Crippen LogP contribution in [0.1, 0.15) is 34.1 Å². The first-order valence-electron chi connectivity index (χ1n) is 16.5. The SMILES string of the molecule is COC(=O)C12C(c3ccccc3)C3C4C1C(c1ccccc1)C1(C(=O)OC)C(C3N(Cc3ccccc3)C21)N4Cc1ccccc1. The largest absolute Gasteiger partial charge is 0.469 e. The molecule has 6 heteroatoms. The van der Waals surface area contributed by atoms with E-state index in [1.54, 1.807) is 0 Å². The summed E-state index contributed by atoms with van der Waals surface area (Å²) in [5, 5.41) is 0. The van der Waals surface area contributed by atoms with Crippen LogP contribution in [0.25, 0.3) is 0 Å². The van der Waals surface area contributed by atoms with E-state index in [-0.39, 0.29) is 53.7 Å². The van der Waals surface area contributed by atoms with Crippen LogP contribution in [0.5, 0.6) is 0 Å². The minimum absolute atomic E-state index is 0.0553. The second-order valence-electron chi connectivity index (χ2n) is 13.9. The smallest absolute Gasteiger partial charge is 0.315 e. The van der Waals surface area contributed by atoms with E-state index in [0.717, 1.165) is 11.1 Å². The predicted molar refractivity (Wildman–Crippen MR) is 173 cm³/mol. The highest BCUT2D eigenvalue weighted by Gasteiger charge is 2.96. The van der Waals surface area contributed by atoms with E-state index in [2.05, 4.69) is 107 Å². The number of ether oxygens (including phenoxy) is 2. The molecule has 0 N–H and O–H groups in total. The van der Waals surface area contributed by atoms with E-state index in [9.17, 15) is 9.59 Å². The van der Waals surface area contributed by atoms with Gasteiger partial charge in [-0.15, -0.1) is 0 Å². The van der Waals surface area contributed by atoms with E-state index in [1.165, 1.54) is 25.3 Å². The van der Waals surface area contributed by atoms with Crippen molar-refractivity contribution < 1.29 is 19.1 Å². The van der Waals surface area contributed by atoms with Crippen molar-refractivity contribution in [1.29, 1.82) is 0 Å². The van der Waals surface area contributed by atoms with Crippen LogP contribution < -0.4 is 0 Å². The minimum Gasteiger partial charge on any atom is -0.469 e. The number of methoxy groups -OCH3 is 2. The normalized spacial score (nSPS) is 36.4. The highest BCUT2D eigenvalue weighted by Crippen LogP contribution is 2.86. The van der Waals surface area contributed by atoms with Gasteiger partial charge in [0.2, 0.25) is 0 Å². The van der Waals surface area contributed by atoms with Crippen LogP contribution in [-0.4, -0.2) is 60.1 Å². The first-order chi connectivity index (χ1) is 22.6. The molecule has 5 aliphatic rings. The molecule has 5 fully saturated rings. The topological polar surface area (TPSA) is 59.1 Å². The van der Waals surface area contributed by atoms with E-state index in [1.807, 2.05) is 24.3 Å². The van der Waals surface area contributed by atoms with Gasteiger partial charge in [0.1, 0.15) is 5.41 Å². The van der Waals surface area contributed by atoms with Gasteiger partial charge in [-0.25, -0.2) is 0 Å². The van der Waals surface area contributed by atoms with E-state index in [4.69, 9.17) is 9.47 Å². The zero-order valence-corrected chi connectivity index (χ0v) is 26.1. The number of carbonyl (C=O) groups is 2. The molecule has 0 radical (unpaired) electrons. The second kappa shape index (κ2) is 10.1. The Morgan fingerprint density at radius 1 is 0.587 bits per heavy atom. The summed E-state index contributed by atoms with van der Waals surface area (Å²) in [7, 11) is 3.05. The second-order valence-corrected chi connectivity index (χ2v) is 13.9. The number of hydrogen-bond acceptors (Lipinski definition) is 6. The predicted octanol–water partition coefficient (Wildman–Crippen LogP) is 5.65. The molecule has 0 spiro atoms. The highest BCUT2D eigenvalue weighted by molar-refractivity contribution is 5.92. The molecule has 6 nitrogen and oxygen atoms in total. The Morgan fingerprint density at radius 2 is 1.04 bits per heavy atom. The molecule has 46 heavy (non-hydrogen) atoms. The number of rotatable bonds is 8. The van der Waals surface area contributed by atoms with Crippen molar-refractivity contribution in [3.63, 3.8) is 0 Å². The number of benzene rings is 4. The molecular weight excluding hydrogens is 572 g/mol. The fraction of sp³-hybridized carbons (Fsp3) is 0.350. The molecule has 3 aliphatic carbocycles. The van der Waals surface area contributed by atoms with Gasteiger partial charge < -0.3 is 9.47 Å². The molecule has 232 valence electrons. The Bertz CT molecular complexity index is 1790. The summed E-state index contributed by atoms with van der Waals surface area (Å²) in [4.78, 5) is 35.2. The van der Waals surface area contributed by atoms with Gasteiger partial charge in [-0.1, -0.05) is 121 Å². The van der Waals surface area contributed by atoms with Crippen molar-refractivity contribution >= 4 is 11.9 Å². The Morgan fingerprint density at radius 3 is 1.57 bits per heavy atom. The maximum atomic E-state index is 15.0. The van der Waals surface area contributed by atoms with Gasteiger partial charge in [0, 0.05) is 55.0 Å². The maximum Gasteiger partial charge on any atom is 0.315 e. The molecule has 10 atom stereocenters. The molecule has 2 aliphatic heterocycles. The van der Waals surface area contributed by atoms with Crippen LogP contribution in [0.4, 0.5) is 0 Å². The van der Waals surface area contributed by atoms with Crippen molar-refractivity contribution in [3.05, 3.63) is 144 Å². The third-order valence-electron chi connectivity index (χ3n) is 12.5. The molecule has 9 rings (SSSR count). The van der Waals surface area contributed by atoms with Gasteiger partial charge in [0.15, 0.2) is 0 Å². The van der Waals surface area contributed by atoms with Gasteiger partial charge in [-0.2, -0.15) is 0 Å². The number of piperidine rings is 2. The fourth-order valence-corrected chi connectivity index (χ4v) is 11.8. The molecule has 3 saturated carbocycles. The van der Waals surface area contributed by atoms with Crippen molar-refractivity contribution in [2.75, 3.05) is 14.2 Å². The van der Waals surface area contributed by atoms with Crippen LogP contribution in [0, 0.1) is 22.7 Å². The monoisotopic (exact) mass is 610 g/mol. The maximum absolute atomic E-state index is 15.0. The molecular formula is C40H38N2O4. The van der Waals surface area contributed by atoms with Crippen molar-refractivity contribution in [2.24, 2.45) is 22.7 Å². The van der Waals surface area contributed by atoms with Crippen molar-refractivity contribution in [1.82, 2.24) is 9.80 Å². The van der Waals surface area contributed by atoms with Gasteiger partial charge >= 0.3 is 11.9 Å². The fourth-order valence-electron chi connectivity index (χ4n) is 11.8. The molecule has 2 heterocycles. The van der Waals surface area contributed by atoms with E-state index in [0.29, 0.717) is 13.1 Å². The lowest BCUT2D eigenvalue weighted by atomic mass is 9.63. The lowest BCUT2D eigenvalue weighted by Crippen LogP contribution is -2.61. The van der Waals surface area contributed by atoms with Crippen LogP contribution in [-0.2, 0) is 32.2 Å². The lowest BCUT2D eigenvalue weighted by Gasteiger charge is -2.50. The van der Waals surface area contributed by atoms with E-state index < -0.39 is 16.9 Å². The van der Waals surface area contributed by atoms with Crippen LogP contribution in [0.2, 0.25) is 0 Å². The number of nitrogens with zero attached hydrogens (tertiary/aromatic N) is 2. The summed E-state index contributed by atoms with van der Waals surface area (Å²) in [5.41, 5.74) is 2.73. The third-order valence-corrected chi connectivity index (χ3v) is 12.5. The summed E-state index contributed by atoms with van der Waals surface area (Å²) in [6, 6.07) is 41.7. The number of esters is 2. The summed E-state index contributed by atoms with van der Waals surface area (Å²) < 4.78 is 11.9. The molecule has 0 amide bonds. The Kier molecular flexibility index (Phi) is 6.16. The third kappa shape index (κ3) is 3.24. The minimum atomic E-state index is -0.974. The van der Waals surface area contributed by atoms with Gasteiger partial charge in [-0.3, -0.25) is 19.4 Å². The van der Waals surface area contributed by atoms with Crippen LogP contribution in [0.15, 0.2) is 121 Å². The number of carbonyl (C=O) groups excluding carboxylic acids is 2. The average Bonchev–Trinajstić information content (AvgIpc) is 3.69. The van der Waals surface area contributed by atoms with Gasteiger partial charge in [-0.05, 0) is 28.2 Å². The molecule has 4 aromatic carbocycles. The summed E-state index contributed by atoms with van der Waals surface area (Å²) in [6.07, 6.45) is 0. The molecule has 2 saturated heterocycles. The Labute approximate surface area is 269 Å². The van der Waals surface area contributed by atoms with E-state index >= 15 is 0 Å². The first-order valence-corrected chi connectivity index (χ1v) is 16.5. The average molecular weight is 611 g/mol. The Balaban J connectivity index is 1.37. The molecule has 4 aromatic rings. The van der Waals surface area contributed by atoms with Crippen molar-refractivity contribution in [3.8, 4) is 0 Å². The van der Waals surface area contributed by atoms with Gasteiger partial charge in [0.05, 0.1) is 19.6 Å². The van der Waals surface area contributed by atoms with Crippen molar-refractivity contribution in [2.45, 2.75) is 49.1 Å². The summed E-state index contributed by atoms with van der Waals surface area (Å²) in [5.74, 6) is -0.725.